The number of carbonyl (C=O) groups is 1. The fourth-order valence-electron chi connectivity index (χ4n) is 2.87. The molecule has 0 radical (unpaired) electrons. The predicted molar refractivity (Wildman–Crippen MR) is 78.9 cm³/mol. The van der Waals surface area contributed by atoms with E-state index < -0.39 is 6.10 Å². The molecule has 0 aromatic carbocycles. The third kappa shape index (κ3) is 3.83. The molecule has 0 saturated heterocycles. The number of aromatic nitrogens is 2. The number of ether oxygens (including phenoxy) is 1. The lowest BCUT2D eigenvalue weighted by Crippen LogP contribution is -2.43. The Labute approximate surface area is 125 Å². The van der Waals surface area contributed by atoms with E-state index in [1.54, 1.807) is 13.3 Å². The van der Waals surface area contributed by atoms with Gasteiger partial charge in [0.15, 0.2) is 0 Å². The fraction of sp³-hybridized carbons (Fsp3) is 0.733. The number of aliphatic hydroxyl groups is 1. The number of rotatable bonds is 6. The average molecular weight is 295 g/mol. The lowest BCUT2D eigenvalue weighted by molar-refractivity contribution is -0.123. The number of amides is 1. The Morgan fingerprint density at radius 2 is 2.33 bits per heavy atom. The molecule has 1 aromatic rings. The molecule has 118 valence electrons. The van der Waals surface area contributed by atoms with Crippen LogP contribution in [0.5, 0.6) is 0 Å². The number of hydrogen-bond acceptors (Lipinski definition) is 4. The Balaban J connectivity index is 1.81. The van der Waals surface area contributed by atoms with Crippen LogP contribution in [0, 0.1) is 0 Å². The Hall–Kier alpha value is -1.40. The van der Waals surface area contributed by atoms with Crippen LogP contribution in [0.1, 0.15) is 44.9 Å². The number of nitrogens with one attached hydrogen (secondary N) is 1. The van der Waals surface area contributed by atoms with Crippen LogP contribution >= 0.6 is 0 Å². The zero-order valence-electron chi connectivity index (χ0n) is 13.0. The highest BCUT2D eigenvalue weighted by Crippen LogP contribution is 2.22. The normalized spacial score (nSPS) is 25.5. The zero-order chi connectivity index (χ0) is 15.4. The largest absolute Gasteiger partial charge is 0.388 e. The molecule has 1 aliphatic carbocycles. The van der Waals surface area contributed by atoms with Gasteiger partial charge < -0.3 is 19.7 Å². The van der Waals surface area contributed by atoms with E-state index in [2.05, 4.69) is 24.1 Å². The summed E-state index contributed by atoms with van der Waals surface area (Å²) >= 11 is 0. The van der Waals surface area contributed by atoms with Crippen molar-refractivity contribution in [2.45, 2.75) is 63.8 Å². The highest BCUT2D eigenvalue weighted by atomic mass is 16.5. The third-order valence-corrected chi connectivity index (χ3v) is 4.05. The van der Waals surface area contributed by atoms with Gasteiger partial charge in [0.05, 0.1) is 12.1 Å². The van der Waals surface area contributed by atoms with Gasteiger partial charge in [-0.15, -0.1) is 0 Å². The van der Waals surface area contributed by atoms with Gasteiger partial charge in [-0.1, -0.05) is 13.8 Å². The molecule has 6 heteroatoms. The van der Waals surface area contributed by atoms with Gasteiger partial charge in [-0.2, -0.15) is 0 Å². The number of methoxy groups -OCH3 is 1. The van der Waals surface area contributed by atoms with Crippen molar-refractivity contribution in [2.75, 3.05) is 7.11 Å². The summed E-state index contributed by atoms with van der Waals surface area (Å²) in [4.78, 5) is 16.3. The summed E-state index contributed by atoms with van der Waals surface area (Å²) in [6, 6.07) is -0.199. The van der Waals surface area contributed by atoms with Crippen molar-refractivity contribution in [3.63, 3.8) is 0 Å². The summed E-state index contributed by atoms with van der Waals surface area (Å²) < 4.78 is 7.19. The Morgan fingerprint density at radius 1 is 1.57 bits per heavy atom. The van der Waals surface area contributed by atoms with Crippen molar-refractivity contribution >= 4 is 5.91 Å². The van der Waals surface area contributed by atoms with Crippen molar-refractivity contribution in [1.82, 2.24) is 14.9 Å². The topological polar surface area (TPSA) is 76.4 Å². The summed E-state index contributed by atoms with van der Waals surface area (Å²) in [7, 11) is 1.59. The number of aliphatic hydroxyl groups excluding tert-OH is 1. The van der Waals surface area contributed by atoms with Crippen molar-refractivity contribution in [1.29, 1.82) is 0 Å². The van der Waals surface area contributed by atoms with Gasteiger partial charge in [-0.25, -0.2) is 4.98 Å². The van der Waals surface area contributed by atoms with Gasteiger partial charge in [-0.3, -0.25) is 4.79 Å². The monoisotopic (exact) mass is 295 g/mol. The van der Waals surface area contributed by atoms with E-state index in [1.807, 2.05) is 10.8 Å². The fourth-order valence-corrected chi connectivity index (χ4v) is 2.87. The second-order valence-corrected chi connectivity index (χ2v) is 5.90. The molecular weight excluding hydrogens is 270 g/mol. The minimum absolute atomic E-state index is 0.0424. The Morgan fingerprint density at radius 3 is 2.95 bits per heavy atom. The van der Waals surface area contributed by atoms with E-state index in [0.29, 0.717) is 18.9 Å². The molecule has 0 unspecified atom stereocenters. The van der Waals surface area contributed by atoms with Crippen LogP contribution in [0.4, 0.5) is 0 Å². The molecule has 1 aliphatic rings. The molecule has 2 N–H and O–H groups in total. The molecule has 1 fully saturated rings. The van der Waals surface area contributed by atoms with E-state index >= 15 is 0 Å². The zero-order valence-corrected chi connectivity index (χ0v) is 13.0. The Kier molecular flexibility index (Phi) is 5.36. The molecule has 0 aliphatic heterocycles. The maximum Gasteiger partial charge on any atom is 0.222 e. The molecule has 0 spiro atoms. The van der Waals surface area contributed by atoms with Crippen molar-refractivity contribution < 1.29 is 14.6 Å². The summed E-state index contributed by atoms with van der Waals surface area (Å²) in [6.07, 6.45) is 4.80. The maximum atomic E-state index is 12.0. The SMILES string of the molecule is CO[C@@H]1CC[C@@H](NC(=O)CCn2ccnc2C(C)C)[C@H]1O. The lowest BCUT2D eigenvalue weighted by Gasteiger charge is -2.20. The highest BCUT2D eigenvalue weighted by Gasteiger charge is 2.35. The van der Waals surface area contributed by atoms with Crippen molar-refractivity contribution in [3.8, 4) is 0 Å². The van der Waals surface area contributed by atoms with Crippen molar-refractivity contribution in [3.05, 3.63) is 18.2 Å². The third-order valence-electron chi connectivity index (χ3n) is 4.05. The predicted octanol–water partition coefficient (Wildman–Crippen LogP) is 1.05. The average Bonchev–Trinajstić information content (AvgIpc) is 3.04. The summed E-state index contributed by atoms with van der Waals surface area (Å²) in [6.45, 7) is 4.77. The maximum absolute atomic E-state index is 12.0. The van der Waals surface area contributed by atoms with Gasteiger partial charge in [-0.05, 0) is 12.8 Å². The standard InChI is InChI=1S/C15H25N3O3/c1-10(2)15-16-7-9-18(15)8-6-13(19)17-11-4-5-12(21-3)14(11)20/h7,9-12,14,20H,4-6,8H2,1-3H3,(H,17,19)/t11-,12-,14-/m1/s1. The van der Waals surface area contributed by atoms with E-state index in [0.717, 1.165) is 18.7 Å². The van der Waals surface area contributed by atoms with Crippen LogP contribution in [-0.4, -0.2) is 45.9 Å². The first-order chi connectivity index (χ1) is 10.0. The molecule has 21 heavy (non-hydrogen) atoms. The number of nitrogens with zero attached hydrogens (tertiary/aromatic N) is 2. The van der Waals surface area contributed by atoms with Gasteiger partial charge in [0.25, 0.3) is 0 Å². The molecule has 2 rings (SSSR count). The molecule has 3 atom stereocenters. The van der Waals surface area contributed by atoms with Crippen LogP contribution in [-0.2, 0) is 16.1 Å². The second-order valence-electron chi connectivity index (χ2n) is 5.90. The van der Waals surface area contributed by atoms with E-state index in [-0.39, 0.29) is 18.1 Å². The van der Waals surface area contributed by atoms with Crippen LogP contribution in [0.15, 0.2) is 12.4 Å². The van der Waals surface area contributed by atoms with E-state index in [4.69, 9.17) is 4.74 Å². The number of imidazole rings is 1. The molecule has 0 bridgehead atoms. The number of aryl methyl sites for hydroxylation is 1. The summed E-state index contributed by atoms with van der Waals surface area (Å²) in [5, 5.41) is 12.9. The Bertz CT molecular complexity index is 472. The van der Waals surface area contributed by atoms with E-state index in [9.17, 15) is 9.90 Å². The molecular formula is C15H25N3O3. The van der Waals surface area contributed by atoms with Gasteiger partial charge in [0.2, 0.25) is 5.91 Å². The molecule has 1 heterocycles. The molecule has 1 saturated carbocycles. The van der Waals surface area contributed by atoms with Crippen LogP contribution in [0.2, 0.25) is 0 Å². The molecule has 1 aromatic heterocycles. The lowest BCUT2D eigenvalue weighted by atomic mass is 10.2. The number of hydrogen-bond donors (Lipinski definition) is 2. The number of carbonyl (C=O) groups excluding carboxylic acids is 1. The van der Waals surface area contributed by atoms with Crippen LogP contribution in [0.25, 0.3) is 0 Å². The highest BCUT2D eigenvalue weighted by molar-refractivity contribution is 5.76. The van der Waals surface area contributed by atoms with Crippen molar-refractivity contribution in [2.24, 2.45) is 0 Å². The molecule has 6 nitrogen and oxygen atoms in total. The minimum atomic E-state index is -0.613. The second kappa shape index (κ2) is 7.04. The van der Waals surface area contributed by atoms with Gasteiger partial charge in [0.1, 0.15) is 11.9 Å². The summed E-state index contributed by atoms with van der Waals surface area (Å²) in [5.74, 6) is 1.28. The molecule has 1 amide bonds. The first kappa shape index (κ1) is 16.0. The van der Waals surface area contributed by atoms with Crippen LogP contribution in [0.3, 0.4) is 0 Å². The minimum Gasteiger partial charge on any atom is -0.388 e. The quantitative estimate of drug-likeness (QED) is 0.822. The van der Waals surface area contributed by atoms with Gasteiger partial charge in [0, 0.05) is 38.4 Å². The first-order valence-corrected chi connectivity index (χ1v) is 7.54. The first-order valence-electron chi connectivity index (χ1n) is 7.54. The van der Waals surface area contributed by atoms with Gasteiger partial charge >= 0.3 is 0 Å². The van der Waals surface area contributed by atoms with E-state index in [1.165, 1.54) is 0 Å². The summed E-state index contributed by atoms with van der Waals surface area (Å²) in [5.41, 5.74) is 0. The smallest absolute Gasteiger partial charge is 0.222 e. The van der Waals surface area contributed by atoms with Crippen LogP contribution < -0.4 is 5.32 Å².